The number of carbonyl (C=O) groups excluding carboxylic acids is 1. The molecule has 3 N–H and O–H groups in total. The Morgan fingerprint density at radius 1 is 1.33 bits per heavy atom. The lowest BCUT2D eigenvalue weighted by molar-refractivity contribution is -0.142. The first kappa shape index (κ1) is 15.8. The lowest BCUT2D eigenvalue weighted by Gasteiger charge is -2.23. The van der Waals surface area contributed by atoms with Crippen LogP contribution in [0.2, 0.25) is 0 Å². The van der Waals surface area contributed by atoms with Crippen LogP contribution in [0.1, 0.15) is 43.2 Å². The van der Waals surface area contributed by atoms with Gasteiger partial charge in [-0.05, 0) is 42.0 Å². The first-order valence-electron chi connectivity index (χ1n) is 7.74. The van der Waals surface area contributed by atoms with Crippen LogP contribution < -0.4 is 5.73 Å². The second-order valence-corrected chi connectivity index (χ2v) is 5.99. The van der Waals surface area contributed by atoms with Crippen LogP contribution in [0.3, 0.4) is 0 Å². The highest BCUT2D eigenvalue weighted by Gasteiger charge is 2.19. The fourth-order valence-corrected chi connectivity index (χ4v) is 3.18. The van der Waals surface area contributed by atoms with Gasteiger partial charge in [-0.3, -0.25) is 4.79 Å². The molecule has 0 bridgehead atoms. The van der Waals surface area contributed by atoms with Gasteiger partial charge in [0, 0.05) is 0 Å². The SMILES string of the molecule is COC(=O)[C@@H](N)Cc1ccc(O)cc1CC1CCCCC1. The minimum Gasteiger partial charge on any atom is -0.508 e. The summed E-state index contributed by atoms with van der Waals surface area (Å²) in [5.41, 5.74) is 8.01. The number of phenolic OH excluding ortho intramolecular Hbond substituents is 1. The number of hydrogen-bond acceptors (Lipinski definition) is 4. The van der Waals surface area contributed by atoms with Crippen molar-refractivity contribution in [2.24, 2.45) is 11.7 Å². The Bertz CT molecular complexity index is 481. The molecule has 0 saturated heterocycles. The van der Waals surface area contributed by atoms with E-state index in [2.05, 4.69) is 4.74 Å². The molecule has 4 heteroatoms. The molecular weight excluding hydrogens is 266 g/mol. The van der Waals surface area contributed by atoms with Crippen LogP contribution >= 0.6 is 0 Å². The number of methoxy groups -OCH3 is 1. The van der Waals surface area contributed by atoms with E-state index >= 15 is 0 Å². The Kier molecular flexibility index (Phi) is 5.62. The third kappa shape index (κ3) is 4.46. The van der Waals surface area contributed by atoms with E-state index in [1.54, 1.807) is 6.07 Å². The predicted octanol–water partition coefficient (Wildman–Crippen LogP) is 2.56. The molecule has 1 aromatic rings. The number of nitrogens with two attached hydrogens (primary N) is 1. The molecule has 21 heavy (non-hydrogen) atoms. The van der Waals surface area contributed by atoms with E-state index in [1.807, 2.05) is 12.1 Å². The molecule has 0 amide bonds. The lowest BCUT2D eigenvalue weighted by Crippen LogP contribution is -2.34. The van der Waals surface area contributed by atoms with Crippen molar-refractivity contribution >= 4 is 5.97 Å². The molecule has 0 heterocycles. The molecule has 1 atom stereocenters. The molecule has 1 saturated carbocycles. The minimum atomic E-state index is -0.648. The van der Waals surface area contributed by atoms with Crippen molar-refractivity contribution in [3.63, 3.8) is 0 Å². The zero-order valence-electron chi connectivity index (χ0n) is 12.7. The zero-order chi connectivity index (χ0) is 15.2. The van der Waals surface area contributed by atoms with E-state index in [1.165, 1.54) is 39.2 Å². The average Bonchev–Trinajstić information content (AvgIpc) is 2.50. The molecule has 1 aliphatic rings. The summed E-state index contributed by atoms with van der Waals surface area (Å²) in [7, 11) is 1.35. The summed E-state index contributed by atoms with van der Waals surface area (Å²) in [4.78, 5) is 11.5. The van der Waals surface area contributed by atoms with Gasteiger partial charge < -0.3 is 15.6 Å². The van der Waals surface area contributed by atoms with Gasteiger partial charge in [-0.2, -0.15) is 0 Å². The summed E-state index contributed by atoms with van der Waals surface area (Å²) < 4.78 is 4.68. The van der Waals surface area contributed by atoms with E-state index in [-0.39, 0.29) is 5.75 Å². The number of rotatable bonds is 5. The van der Waals surface area contributed by atoms with Gasteiger partial charge in [0.15, 0.2) is 0 Å². The number of phenols is 1. The fraction of sp³-hybridized carbons (Fsp3) is 0.588. The van der Waals surface area contributed by atoms with Gasteiger partial charge in [0.25, 0.3) is 0 Å². The zero-order valence-corrected chi connectivity index (χ0v) is 12.7. The van der Waals surface area contributed by atoms with Gasteiger partial charge in [-0.1, -0.05) is 38.2 Å². The Balaban J connectivity index is 2.10. The summed E-state index contributed by atoms with van der Waals surface area (Å²) in [6.45, 7) is 0. The van der Waals surface area contributed by atoms with Gasteiger partial charge in [0.2, 0.25) is 0 Å². The Labute approximate surface area is 126 Å². The average molecular weight is 291 g/mol. The molecule has 116 valence electrons. The monoisotopic (exact) mass is 291 g/mol. The van der Waals surface area contributed by atoms with Crippen molar-refractivity contribution in [2.45, 2.75) is 51.0 Å². The van der Waals surface area contributed by atoms with E-state index in [9.17, 15) is 9.90 Å². The third-order valence-corrected chi connectivity index (χ3v) is 4.37. The molecule has 4 nitrogen and oxygen atoms in total. The first-order valence-corrected chi connectivity index (χ1v) is 7.74. The lowest BCUT2D eigenvalue weighted by atomic mass is 9.83. The van der Waals surface area contributed by atoms with Crippen molar-refractivity contribution in [2.75, 3.05) is 7.11 Å². The van der Waals surface area contributed by atoms with Crippen LogP contribution in [-0.2, 0) is 22.4 Å². The second kappa shape index (κ2) is 7.46. The Morgan fingerprint density at radius 2 is 2.05 bits per heavy atom. The van der Waals surface area contributed by atoms with Gasteiger partial charge in [0.1, 0.15) is 11.8 Å². The van der Waals surface area contributed by atoms with Gasteiger partial charge in [0.05, 0.1) is 7.11 Å². The third-order valence-electron chi connectivity index (χ3n) is 4.37. The van der Waals surface area contributed by atoms with Crippen LogP contribution in [0.5, 0.6) is 5.75 Å². The quantitative estimate of drug-likeness (QED) is 0.818. The number of benzene rings is 1. The molecule has 0 unspecified atom stereocenters. The molecule has 0 aromatic heterocycles. The maximum Gasteiger partial charge on any atom is 0.322 e. The molecule has 0 aliphatic heterocycles. The van der Waals surface area contributed by atoms with Crippen LogP contribution in [0.25, 0.3) is 0 Å². The van der Waals surface area contributed by atoms with E-state index in [0.29, 0.717) is 12.3 Å². The largest absolute Gasteiger partial charge is 0.508 e. The number of aromatic hydroxyl groups is 1. The Hall–Kier alpha value is -1.55. The normalized spacial score (nSPS) is 17.4. The topological polar surface area (TPSA) is 72.5 Å². The Morgan fingerprint density at radius 3 is 2.71 bits per heavy atom. The summed E-state index contributed by atoms with van der Waals surface area (Å²) >= 11 is 0. The maximum absolute atomic E-state index is 11.5. The molecule has 0 spiro atoms. The molecule has 1 aliphatic carbocycles. The van der Waals surface area contributed by atoms with Crippen LogP contribution in [0.4, 0.5) is 0 Å². The van der Waals surface area contributed by atoms with E-state index < -0.39 is 12.0 Å². The molecule has 0 radical (unpaired) electrons. The van der Waals surface area contributed by atoms with Crippen molar-refractivity contribution in [1.29, 1.82) is 0 Å². The minimum absolute atomic E-state index is 0.274. The fourth-order valence-electron chi connectivity index (χ4n) is 3.18. The van der Waals surface area contributed by atoms with Crippen LogP contribution in [-0.4, -0.2) is 24.2 Å². The maximum atomic E-state index is 11.5. The summed E-state index contributed by atoms with van der Waals surface area (Å²) in [6.07, 6.45) is 7.82. The van der Waals surface area contributed by atoms with Crippen molar-refractivity contribution in [1.82, 2.24) is 0 Å². The summed E-state index contributed by atoms with van der Waals surface area (Å²) in [5, 5.41) is 9.73. The van der Waals surface area contributed by atoms with Gasteiger partial charge >= 0.3 is 5.97 Å². The number of esters is 1. The second-order valence-electron chi connectivity index (χ2n) is 5.99. The standard InChI is InChI=1S/C17H25NO3/c1-21-17(20)16(18)11-13-7-8-15(19)10-14(13)9-12-5-3-2-4-6-12/h7-8,10,12,16,19H,2-6,9,11,18H2,1H3/t16-/m0/s1. The highest BCUT2D eigenvalue weighted by atomic mass is 16.5. The molecule has 1 fully saturated rings. The number of hydrogen-bond donors (Lipinski definition) is 2. The highest BCUT2D eigenvalue weighted by molar-refractivity contribution is 5.75. The van der Waals surface area contributed by atoms with Crippen molar-refractivity contribution in [3.05, 3.63) is 29.3 Å². The predicted molar refractivity (Wildman–Crippen MR) is 82.1 cm³/mol. The van der Waals surface area contributed by atoms with Gasteiger partial charge in [-0.15, -0.1) is 0 Å². The van der Waals surface area contributed by atoms with E-state index in [4.69, 9.17) is 5.73 Å². The molecule has 1 aromatic carbocycles. The number of ether oxygens (including phenoxy) is 1. The van der Waals surface area contributed by atoms with Crippen LogP contribution in [0.15, 0.2) is 18.2 Å². The van der Waals surface area contributed by atoms with Crippen LogP contribution in [0, 0.1) is 5.92 Å². The molecule has 2 rings (SSSR count). The summed E-state index contributed by atoms with van der Waals surface area (Å²) in [6, 6.07) is 4.69. The first-order chi connectivity index (χ1) is 10.1. The number of carbonyl (C=O) groups is 1. The highest BCUT2D eigenvalue weighted by Crippen LogP contribution is 2.29. The van der Waals surface area contributed by atoms with E-state index in [0.717, 1.165) is 17.5 Å². The van der Waals surface area contributed by atoms with Gasteiger partial charge in [-0.25, -0.2) is 0 Å². The smallest absolute Gasteiger partial charge is 0.322 e. The molecular formula is C17H25NO3. The summed E-state index contributed by atoms with van der Waals surface area (Å²) in [5.74, 6) is 0.552. The van der Waals surface area contributed by atoms with Crippen molar-refractivity contribution < 1.29 is 14.6 Å². The van der Waals surface area contributed by atoms with Crippen molar-refractivity contribution in [3.8, 4) is 5.75 Å².